The summed E-state index contributed by atoms with van der Waals surface area (Å²) >= 11 is 0. The summed E-state index contributed by atoms with van der Waals surface area (Å²) in [4.78, 5) is 22.9. The van der Waals surface area contributed by atoms with Crippen LogP contribution in [0.3, 0.4) is 0 Å². The topological polar surface area (TPSA) is 90.0 Å². The second-order valence-corrected chi connectivity index (χ2v) is 4.12. The first-order valence-corrected chi connectivity index (χ1v) is 5.81. The Bertz CT molecular complexity index is 644. The van der Waals surface area contributed by atoms with E-state index in [-0.39, 0.29) is 17.2 Å². The van der Waals surface area contributed by atoms with Crippen LogP contribution in [0.1, 0.15) is 21.9 Å². The van der Waals surface area contributed by atoms with Crippen LogP contribution in [0.5, 0.6) is 0 Å². The molecule has 2 aromatic heterocycles. The van der Waals surface area contributed by atoms with Crippen LogP contribution in [-0.2, 0) is 13.5 Å². The van der Waals surface area contributed by atoms with Crippen LogP contribution in [0.15, 0.2) is 27.5 Å². The monoisotopic (exact) mass is 262 g/mol. The SMILES string of the molecule is Cc1cc(CCNC(=O)c2ccc(=O)n(C)n2)on1. The van der Waals surface area contributed by atoms with Gasteiger partial charge in [-0.3, -0.25) is 9.59 Å². The van der Waals surface area contributed by atoms with Crippen molar-refractivity contribution in [3.63, 3.8) is 0 Å². The summed E-state index contributed by atoms with van der Waals surface area (Å²) in [6, 6.07) is 4.52. The van der Waals surface area contributed by atoms with Gasteiger partial charge in [0.15, 0.2) is 0 Å². The molecule has 7 heteroatoms. The molecular formula is C12H14N4O3. The largest absolute Gasteiger partial charge is 0.361 e. The lowest BCUT2D eigenvalue weighted by molar-refractivity contribution is 0.0946. The smallest absolute Gasteiger partial charge is 0.271 e. The molecule has 2 aromatic rings. The molecule has 0 spiro atoms. The molecule has 0 aliphatic carbocycles. The van der Waals surface area contributed by atoms with Gasteiger partial charge >= 0.3 is 0 Å². The lowest BCUT2D eigenvalue weighted by Crippen LogP contribution is -2.29. The Hall–Kier alpha value is -2.44. The molecule has 0 saturated heterocycles. The number of carbonyl (C=O) groups is 1. The molecule has 0 unspecified atom stereocenters. The highest BCUT2D eigenvalue weighted by Gasteiger charge is 2.08. The van der Waals surface area contributed by atoms with Crippen LogP contribution < -0.4 is 10.9 Å². The Morgan fingerprint density at radius 3 is 2.89 bits per heavy atom. The van der Waals surface area contributed by atoms with Gasteiger partial charge in [-0.1, -0.05) is 5.16 Å². The molecule has 0 bridgehead atoms. The first kappa shape index (κ1) is 13.0. The molecule has 19 heavy (non-hydrogen) atoms. The van der Waals surface area contributed by atoms with Gasteiger partial charge in [-0.25, -0.2) is 4.68 Å². The molecule has 2 heterocycles. The predicted octanol–water partition coefficient (Wildman–Crippen LogP) is 0.0492. The Labute approximate surface area is 109 Å². The van der Waals surface area contributed by atoms with E-state index in [0.29, 0.717) is 18.7 Å². The van der Waals surface area contributed by atoms with Crippen LogP contribution >= 0.6 is 0 Å². The predicted molar refractivity (Wildman–Crippen MR) is 66.8 cm³/mol. The van der Waals surface area contributed by atoms with Crippen LogP contribution in [0.25, 0.3) is 0 Å². The zero-order valence-corrected chi connectivity index (χ0v) is 10.7. The van der Waals surface area contributed by atoms with Crippen molar-refractivity contribution in [2.45, 2.75) is 13.3 Å². The molecule has 7 nitrogen and oxygen atoms in total. The van der Waals surface area contributed by atoms with Crippen LogP contribution in [0.4, 0.5) is 0 Å². The minimum absolute atomic E-state index is 0.204. The second-order valence-electron chi connectivity index (χ2n) is 4.12. The number of nitrogens with one attached hydrogen (secondary N) is 1. The lowest BCUT2D eigenvalue weighted by Gasteiger charge is -2.03. The zero-order chi connectivity index (χ0) is 13.8. The Morgan fingerprint density at radius 1 is 1.47 bits per heavy atom. The number of hydrogen-bond acceptors (Lipinski definition) is 5. The number of hydrogen-bond donors (Lipinski definition) is 1. The Balaban J connectivity index is 1.90. The van der Waals surface area contributed by atoms with Crippen molar-refractivity contribution in [3.8, 4) is 0 Å². The third-order valence-corrected chi connectivity index (χ3v) is 2.53. The van der Waals surface area contributed by atoms with Crippen molar-refractivity contribution in [2.24, 2.45) is 7.05 Å². The first-order chi connectivity index (χ1) is 9.06. The molecule has 1 N–H and O–H groups in total. The van der Waals surface area contributed by atoms with E-state index >= 15 is 0 Å². The van der Waals surface area contributed by atoms with E-state index in [1.165, 1.54) is 19.2 Å². The van der Waals surface area contributed by atoms with Gasteiger partial charge in [0.2, 0.25) is 0 Å². The number of amides is 1. The quantitative estimate of drug-likeness (QED) is 0.840. The Kier molecular flexibility index (Phi) is 3.74. The number of nitrogens with zero attached hydrogens (tertiary/aromatic N) is 3. The number of aryl methyl sites for hydroxylation is 2. The van der Waals surface area contributed by atoms with Crippen LogP contribution in [0.2, 0.25) is 0 Å². The lowest BCUT2D eigenvalue weighted by atomic mass is 10.3. The van der Waals surface area contributed by atoms with Gasteiger partial charge in [-0.15, -0.1) is 0 Å². The van der Waals surface area contributed by atoms with E-state index < -0.39 is 0 Å². The van der Waals surface area contributed by atoms with Gasteiger partial charge in [-0.05, 0) is 13.0 Å². The summed E-state index contributed by atoms with van der Waals surface area (Å²) in [6.07, 6.45) is 0.554. The molecule has 0 aliphatic rings. The van der Waals surface area contributed by atoms with Crippen LogP contribution in [-0.4, -0.2) is 27.4 Å². The van der Waals surface area contributed by atoms with Gasteiger partial charge in [-0.2, -0.15) is 5.10 Å². The summed E-state index contributed by atoms with van der Waals surface area (Å²) in [5, 5.41) is 10.3. The molecule has 0 aliphatic heterocycles. The fourth-order valence-corrected chi connectivity index (χ4v) is 1.55. The molecule has 0 saturated carbocycles. The van der Waals surface area contributed by atoms with Crippen molar-refractivity contribution in [2.75, 3.05) is 6.54 Å². The average Bonchev–Trinajstić information content (AvgIpc) is 2.78. The van der Waals surface area contributed by atoms with Crippen LogP contribution in [0, 0.1) is 6.92 Å². The summed E-state index contributed by atoms with van der Waals surface area (Å²) in [7, 11) is 1.50. The van der Waals surface area contributed by atoms with E-state index in [2.05, 4.69) is 15.6 Å². The van der Waals surface area contributed by atoms with E-state index in [0.717, 1.165) is 10.4 Å². The van der Waals surface area contributed by atoms with E-state index in [1.54, 1.807) is 0 Å². The normalized spacial score (nSPS) is 10.4. The molecule has 2 rings (SSSR count). The molecule has 1 amide bonds. The summed E-state index contributed by atoms with van der Waals surface area (Å²) in [5.41, 5.74) is 0.755. The van der Waals surface area contributed by atoms with E-state index in [4.69, 9.17) is 4.52 Å². The fraction of sp³-hybridized carbons (Fsp3) is 0.333. The van der Waals surface area contributed by atoms with Crippen molar-refractivity contribution >= 4 is 5.91 Å². The minimum atomic E-state index is -0.327. The van der Waals surface area contributed by atoms with Gasteiger partial charge in [0, 0.05) is 32.1 Å². The van der Waals surface area contributed by atoms with E-state index in [1.807, 2.05) is 13.0 Å². The Morgan fingerprint density at radius 2 is 2.26 bits per heavy atom. The van der Waals surface area contributed by atoms with Crippen molar-refractivity contribution < 1.29 is 9.32 Å². The highest BCUT2D eigenvalue weighted by molar-refractivity contribution is 5.91. The highest BCUT2D eigenvalue weighted by Crippen LogP contribution is 2.02. The summed E-state index contributed by atoms with van der Waals surface area (Å²) < 4.78 is 6.14. The molecule has 0 fully saturated rings. The third kappa shape index (κ3) is 3.27. The fourth-order valence-electron chi connectivity index (χ4n) is 1.55. The molecular weight excluding hydrogens is 248 g/mol. The summed E-state index contributed by atoms with van der Waals surface area (Å²) in [5.74, 6) is 0.387. The van der Waals surface area contributed by atoms with Gasteiger partial charge in [0.05, 0.1) is 5.69 Å². The zero-order valence-electron chi connectivity index (χ0n) is 10.7. The van der Waals surface area contributed by atoms with Crippen molar-refractivity contribution in [3.05, 3.63) is 45.7 Å². The standard InChI is InChI=1S/C12H14N4O3/c1-8-7-9(19-15-8)5-6-13-12(18)10-3-4-11(17)16(2)14-10/h3-4,7H,5-6H2,1-2H3,(H,13,18). The third-order valence-electron chi connectivity index (χ3n) is 2.53. The van der Waals surface area contributed by atoms with Gasteiger partial charge < -0.3 is 9.84 Å². The molecule has 0 atom stereocenters. The second kappa shape index (κ2) is 5.47. The minimum Gasteiger partial charge on any atom is -0.361 e. The molecule has 100 valence electrons. The number of aromatic nitrogens is 3. The summed E-state index contributed by atoms with van der Waals surface area (Å²) in [6.45, 7) is 2.25. The number of rotatable bonds is 4. The van der Waals surface area contributed by atoms with Crippen molar-refractivity contribution in [1.29, 1.82) is 0 Å². The van der Waals surface area contributed by atoms with Crippen molar-refractivity contribution in [1.82, 2.24) is 20.3 Å². The maximum atomic E-state index is 11.8. The maximum absolute atomic E-state index is 11.8. The van der Waals surface area contributed by atoms with Gasteiger partial charge in [0.1, 0.15) is 11.5 Å². The first-order valence-electron chi connectivity index (χ1n) is 5.81. The highest BCUT2D eigenvalue weighted by atomic mass is 16.5. The average molecular weight is 262 g/mol. The number of carbonyl (C=O) groups excluding carboxylic acids is 1. The molecule has 0 radical (unpaired) electrons. The van der Waals surface area contributed by atoms with Gasteiger partial charge in [0.25, 0.3) is 11.5 Å². The molecule has 0 aromatic carbocycles. The maximum Gasteiger partial charge on any atom is 0.271 e. The van der Waals surface area contributed by atoms with E-state index in [9.17, 15) is 9.59 Å².